The number of fused-ring (bicyclic) bond motifs is 1. The lowest BCUT2D eigenvalue weighted by Crippen LogP contribution is -2.50. The predicted molar refractivity (Wildman–Crippen MR) is 76.7 cm³/mol. The third kappa shape index (κ3) is 2.53. The molecule has 1 aliphatic carbocycles. The lowest BCUT2D eigenvalue weighted by Gasteiger charge is -2.37. The summed E-state index contributed by atoms with van der Waals surface area (Å²) in [5.74, 6) is 0. The van der Waals surface area contributed by atoms with Crippen molar-refractivity contribution >= 4 is 23.2 Å². The van der Waals surface area contributed by atoms with Crippen LogP contribution < -0.4 is 5.32 Å². The normalized spacial score (nSPS) is 24.9. The quantitative estimate of drug-likeness (QED) is 0.853. The Bertz CT molecular complexity index is 442. The first-order valence-electron chi connectivity index (χ1n) is 6.65. The second-order valence-corrected chi connectivity index (χ2v) is 6.03. The first kappa shape index (κ1) is 12.7. The molecule has 1 saturated heterocycles. The Labute approximate surface area is 118 Å². The summed E-state index contributed by atoms with van der Waals surface area (Å²) < 4.78 is 0. The molecule has 0 saturated carbocycles. The van der Waals surface area contributed by atoms with Crippen molar-refractivity contribution in [2.75, 3.05) is 26.2 Å². The fourth-order valence-electron chi connectivity index (χ4n) is 3.09. The minimum Gasteiger partial charge on any atom is -0.314 e. The number of halogens is 2. The summed E-state index contributed by atoms with van der Waals surface area (Å²) in [6.07, 6.45) is 3.48. The van der Waals surface area contributed by atoms with Crippen LogP contribution in [-0.2, 0) is 12.8 Å². The van der Waals surface area contributed by atoms with Crippen LogP contribution in [0.4, 0.5) is 0 Å². The van der Waals surface area contributed by atoms with Crippen molar-refractivity contribution < 1.29 is 0 Å². The van der Waals surface area contributed by atoms with Gasteiger partial charge in [-0.25, -0.2) is 0 Å². The molecule has 1 N–H and O–H groups in total. The lowest BCUT2D eigenvalue weighted by atomic mass is 9.87. The van der Waals surface area contributed by atoms with Gasteiger partial charge < -0.3 is 5.32 Å². The van der Waals surface area contributed by atoms with Crippen LogP contribution in [-0.4, -0.2) is 37.1 Å². The summed E-state index contributed by atoms with van der Waals surface area (Å²) in [5.41, 5.74) is 2.77. The topological polar surface area (TPSA) is 15.3 Å². The minimum absolute atomic E-state index is 0.678. The number of nitrogens with one attached hydrogen (secondary N) is 1. The standard InChI is InChI=1S/C14H18Cl2N2/c15-13-8-10-1-2-12(7-11(10)9-14(13)16)18-5-3-17-4-6-18/h8-9,12,17H,1-7H2. The van der Waals surface area contributed by atoms with E-state index < -0.39 is 0 Å². The van der Waals surface area contributed by atoms with Crippen molar-refractivity contribution in [3.8, 4) is 0 Å². The first-order chi connectivity index (χ1) is 8.74. The van der Waals surface area contributed by atoms with Crippen LogP contribution in [0.2, 0.25) is 10.0 Å². The molecule has 3 rings (SSSR count). The third-order valence-corrected chi connectivity index (χ3v) is 4.84. The molecule has 0 bridgehead atoms. The van der Waals surface area contributed by atoms with E-state index in [-0.39, 0.29) is 0 Å². The summed E-state index contributed by atoms with van der Waals surface area (Å²) in [7, 11) is 0. The number of nitrogens with zero attached hydrogens (tertiary/aromatic N) is 1. The lowest BCUT2D eigenvalue weighted by molar-refractivity contribution is 0.159. The molecule has 1 aliphatic heterocycles. The van der Waals surface area contributed by atoms with Gasteiger partial charge in [0.25, 0.3) is 0 Å². The van der Waals surface area contributed by atoms with Crippen molar-refractivity contribution in [1.29, 1.82) is 0 Å². The Hall–Kier alpha value is -0.280. The molecule has 0 radical (unpaired) electrons. The third-order valence-electron chi connectivity index (χ3n) is 4.11. The van der Waals surface area contributed by atoms with Crippen LogP contribution in [0, 0.1) is 0 Å². The van der Waals surface area contributed by atoms with Crippen molar-refractivity contribution in [2.45, 2.75) is 25.3 Å². The van der Waals surface area contributed by atoms with E-state index in [9.17, 15) is 0 Å². The number of hydrogen-bond donors (Lipinski definition) is 1. The molecule has 0 spiro atoms. The summed E-state index contributed by atoms with van der Waals surface area (Å²) in [6, 6.07) is 4.79. The van der Waals surface area contributed by atoms with E-state index in [0.29, 0.717) is 16.1 Å². The molecule has 18 heavy (non-hydrogen) atoms. The van der Waals surface area contributed by atoms with Gasteiger partial charge in [-0.1, -0.05) is 23.2 Å². The average molecular weight is 285 g/mol. The SMILES string of the molecule is Clc1cc2c(cc1Cl)CC(N1CCNCC1)CC2. The van der Waals surface area contributed by atoms with Gasteiger partial charge in [0.05, 0.1) is 10.0 Å². The van der Waals surface area contributed by atoms with Gasteiger partial charge in [0.15, 0.2) is 0 Å². The molecule has 1 heterocycles. The Morgan fingerprint density at radius 3 is 2.44 bits per heavy atom. The highest BCUT2D eigenvalue weighted by molar-refractivity contribution is 6.42. The number of rotatable bonds is 1. The maximum atomic E-state index is 6.12. The van der Waals surface area contributed by atoms with Gasteiger partial charge in [-0.15, -0.1) is 0 Å². The molecular formula is C14H18Cl2N2. The van der Waals surface area contributed by atoms with E-state index in [4.69, 9.17) is 23.2 Å². The maximum absolute atomic E-state index is 6.12. The van der Waals surface area contributed by atoms with Gasteiger partial charge in [-0.3, -0.25) is 4.90 Å². The Morgan fingerprint density at radius 1 is 1.06 bits per heavy atom. The summed E-state index contributed by atoms with van der Waals surface area (Å²) >= 11 is 12.2. The monoisotopic (exact) mass is 284 g/mol. The Balaban J connectivity index is 1.77. The molecule has 1 atom stereocenters. The second kappa shape index (κ2) is 5.38. The molecule has 98 valence electrons. The molecular weight excluding hydrogens is 267 g/mol. The number of benzene rings is 1. The van der Waals surface area contributed by atoms with Gasteiger partial charge in [0, 0.05) is 32.2 Å². The van der Waals surface area contributed by atoms with Crippen molar-refractivity contribution in [1.82, 2.24) is 10.2 Å². The molecule has 2 nitrogen and oxygen atoms in total. The Kier molecular flexibility index (Phi) is 3.81. The summed E-state index contributed by atoms with van der Waals surface area (Å²) in [5, 5.41) is 4.79. The molecule has 1 fully saturated rings. The summed E-state index contributed by atoms with van der Waals surface area (Å²) in [4.78, 5) is 2.61. The smallest absolute Gasteiger partial charge is 0.0595 e. The fraction of sp³-hybridized carbons (Fsp3) is 0.571. The molecule has 0 aromatic heterocycles. The van der Waals surface area contributed by atoms with E-state index in [1.165, 1.54) is 30.6 Å². The highest BCUT2D eigenvalue weighted by atomic mass is 35.5. The molecule has 1 aromatic rings. The van der Waals surface area contributed by atoms with Crippen LogP contribution in [0.1, 0.15) is 17.5 Å². The highest BCUT2D eigenvalue weighted by Crippen LogP contribution is 2.31. The number of piperazine rings is 1. The number of aryl methyl sites for hydroxylation is 1. The zero-order valence-corrected chi connectivity index (χ0v) is 11.9. The van der Waals surface area contributed by atoms with Crippen molar-refractivity contribution in [3.05, 3.63) is 33.3 Å². The van der Waals surface area contributed by atoms with E-state index >= 15 is 0 Å². The second-order valence-electron chi connectivity index (χ2n) is 5.22. The van der Waals surface area contributed by atoms with Crippen molar-refractivity contribution in [2.24, 2.45) is 0 Å². The van der Waals surface area contributed by atoms with Crippen LogP contribution in [0.15, 0.2) is 12.1 Å². The highest BCUT2D eigenvalue weighted by Gasteiger charge is 2.25. The molecule has 2 aliphatic rings. The number of hydrogen-bond acceptors (Lipinski definition) is 2. The Morgan fingerprint density at radius 2 is 1.72 bits per heavy atom. The van der Waals surface area contributed by atoms with Gasteiger partial charge in [-0.2, -0.15) is 0 Å². The van der Waals surface area contributed by atoms with Crippen molar-refractivity contribution in [3.63, 3.8) is 0 Å². The zero-order chi connectivity index (χ0) is 12.5. The average Bonchev–Trinajstić information content (AvgIpc) is 2.41. The largest absolute Gasteiger partial charge is 0.314 e. The maximum Gasteiger partial charge on any atom is 0.0595 e. The van der Waals surface area contributed by atoms with E-state index in [2.05, 4.69) is 16.3 Å². The van der Waals surface area contributed by atoms with E-state index in [1.54, 1.807) is 0 Å². The van der Waals surface area contributed by atoms with Gasteiger partial charge in [0.1, 0.15) is 0 Å². The molecule has 4 heteroatoms. The zero-order valence-electron chi connectivity index (χ0n) is 10.4. The van der Waals surface area contributed by atoms with E-state index in [1.807, 2.05) is 6.07 Å². The van der Waals surface area contributed by atoms with Gasteiger partial charge in [-0.05, 0) is 42.5 Å². The minimum atomic E-state index is 0.678. The van der Waals surface area contributed by atoms with Gasteiger partial charge in [0.2, 0.25) is 0 Å². The summed E-state index contributed by atoms with van der Waals surface area (Å²) in [6.45, 7) is 4.57. The van der Waals surface area contributed by atoms with Gasteiger partial charge >= 0.3 is 0 Å². The predicted octanol–water partition coefficient (Wildman–Crippen LogP) is 2.76. The van der Waals surface area contributed by atoms with Crippen LogP contribution in [0.25, 0.3) is 0 Å². The first-order valence-corrected chi connectivity index (χ1v) is 7.41. The van der Waals surface area contributed by atoms with Crippen LogP contribution >= 0.6 is 23.2 Å². The van der Waals surface area contributed by atoms with Crippen LogP contribution in [0.5, 0.6) is 0 Å². The van der Waals surface area contributed by atoms with E-state index in [0.717, 1.165) is 25.9 Å². The fourth-order valence-corrected chi connectivity index (χ4v) is 3.46. The van der Waals surface area contributed by atoms with Crippen LogP contribution in [0.3, 0.4) is 0 Å². The molecule has 1 unspecified atom stereocenters. The molecule has 1 aromatic carbocycles. The molecule has 0 amide bonds.